The molecule has 9 rings (SSSR count). The van der Waals surface area contributed by atoms with E-state index < -0.39 is 28.3 Å². The molecule has 2 aliphatic heterocycles. The molecule has 0 aromatic heterocycles. The molecule has 2 heterocycles. The maximum absolute atomic E-state index is 6.60. The average Bonchev–Trinajstić information content (AvgIpc) is 3.53. The van der Waals surface area contributed by atoms with Gasteiger partial charge in [0.2, 0.25) is 0 Å². The minimum atomic E-state index is -1.88. The molecule has 2 nitrogen and oxygen atoms in total. The Morgan fingerprint density at radius 1 is 0.438 bits per heavy atom. The first-order chi connectivity index (χ1) is 23.3. The van der Waals surface area contributed by atoms with Crippen LogP contribution in [0.4, 0.5) is 0 Å². The second kappa shape index (κ2) is 10.7. The number of rotatable bonds is 4. The molecule has 4 heteroatoms. The van der Waals surface area contributed by atoms with E-state index >= 15 is 0 Å². The number of hydrogen-bond acceptors (Lipinski definition) is 2. The van der Waals surface area contributed by atoms with E-state index in [-0.39, 0.29) is 0 Å². The highest BCUT2D eigenvalue weighted by Gasteiger charge is 2.52. The van der Waals surface area contributed by atoms with Crippen LogP contribution >= 0.6 is 10.0 Å². The van der Waals surface area contributed by atoms with E-state index in [2.05, 4.69) is 179 Å². The highest BCUT2D eigenvalue weighted by atomic mass is 32.3. The maximum atomic E-state index is 6.60. The van der Waals surface area contributed by atoms with Gasteiger partial charge >= 0.3 is 7.12 Å². The third kappa shape index (κ3) is 4.30. The third-order valence-electron chi connectivity index (χ3n) is 10.7. The van der Waals surface area contributed by atoms with E-state index in [1.165, 1.54) is 57.8 Å². The lowest BCUT2D eigenvalue weighted by atomic mass is 9.74. The molecule has 2 aliphatic rings. The monoisotopic (exact) mass is 640 g/mol. The molecule has 1 fully saturated rings. The Labute approximate surface area is 284 Å². The molecule has 0 saturated carbocycles. The van der Waals surface area contributed by atoms with Crippen molar-refractivity contribution in [2.75, 3.05) is 0 Å². The molecular weight excluding hydrogens is 603 g/mol. The number of hydrogen-bond donors (Lipinski definition) is 0. The van der Waals surface area contributed by atoms with E-state index in [1.807, 2.05) is 0 Å². The average molecular weight is 641 g/mol. The fourth-order valence-electron chi connectivity index (χ4n) is 7.54. The van der Waals surface area contributed by atoms with Crippen molar-refractivity contribution >= 4 is 44.2 Å². The topological polar surface area (TPSA) is 18.5 Å². The molecule has 0 spiro atoms. The Bertz CT molecular complexity index is 2300. The van der Waals surface area contributed by atoms with Crippen LogP contribution < -0.4 is 5.46 Å². The molecular formula is C44H37BO2S. The van der Waals surface area contributed by atoms with E-state index in [0.717, 1.165) is 11.0 Å². The zero-order chi connectivity index (χ0) is 32.7. The van der Waals surface area contributed by atoms with Gasteiger partial charge in [-0.05, 0) is 113 Å². The van der Waals surface area contributed by atoms with Crippen molar-refractivity contribution in [1.29, 1.82) is 0 Å². The van der Waals surface area contributed by atoms with Crippen molar-refractivity contribution in [3.05, 3.63) is 152 Å². The Morgan fingerprint density at radius 2 is 0.938 bits per heavy atom. The van der Waals surface area contributed by atoms with Crippen LogP contribution in [0.2, 0.25) is 0 Å². The zero-order valence-corrected chi connectivity index (χ0v) is 28.6. The first-order valence-corrected chi connectivity index (χ1v) is 18.4. The lowest BCUT2D eigenvalue weighted by molar-refractivity contribution is 0.00578. The predicted octanol–water partition coefficient (Wildman–Crippen LogP) is 11.3. The van der Waals surface area contributed by atoms with Gasteiger partial charge in [-0.1, -0.05) is 115 Å². The summed E-state index contributed by atoms with van der Waals surface area (Å²) in [5.41, 5.74) is 5.15. The Morgan fingerprint density at radius 3 is 1.56 bits per heavy atom. The lowest BCUT2D eigenvalue weighted by Gasteiger charge is -2.40. The first-order valence-electron chi connectivity index (χ1n) is 16.8. The molecule has 0 amide bonds. The standard InChI is InChI=1S/C44H37BO2S/c1-43(2)44(3,4)47-45(46-43)40-19-11-9-17-37(40)34-23-26-39-38-18-10-12-20-41(38)48(42(39)29-34,35-24-21-30-13-5-7-15-32(30)27-35)36-25-22-31-14-6-8-16-33(31)28-36/h5-29H,1-4H3. The minimum absolute atomic E-state index is 0.421. The van der Waals surface area contributed by atoms with E-state index in [9.17, 15) is 0 Å². The summed E-state index contributed by atoms with van der Waals surface area (Å²) in [6, 6.07) is 56.4. The van der Waals surface area contributed by atoms with Crippen LogP contribution in [-0.4, -0.2) is 18.3 Å². The summed E-state index contributed by atoms with van der Waals surface area (Å²) in [6.45, 7) is 8.47. The fourth-order valence-corrected chi connectivity index (χ4v) is 11.8. The van der Waals surface area contributed by atoms with Crippen LogP contribution in [0.3, 0.4) is 0 Å². The van der Waals surface area contributed by atoms with Crippen LogP contribution in [0, 0.1) is 0 Å². The second-order valence-corrected chi connectivity index (χ2v) is 17.1. The highest BCUT2D eigenvalue weighted by Crippen LogP contribution is 2.80. The minimum Gasteiger partial charge on any atom is -0.399 e. The second-order valence-electron chi connectivity index (χ2n) is 14.0. The molecule has 0 bridgehead atoms. The van der Waals surface area contributed by atoms with E-state index in [1.54, 1.807) is 0 Å². The van der Waals surface area contributed by atoms with Crippen molar-refractivity contribution in [1.82, 2.24) is 0 Å². The van der Waals surface area contributed by atoms with Crippen molar-refractivity contribution in [3.63, 3.8) is 0 Å². The third-order valence-corrected chi connectivity index (χ3v) is 14.7. The Kier molecular flexibility index (Phi) is 6.58. The molecule has 0 N–H and O–H groups in total. The summed E-state index contributed by atoms with van der Waals surface area (Å²) < 4.78 is 13.2. The van der Waals surface area contributed by atoms with Crippen LogP contribution in [0.15, 0.2) is 171 Å². The van der Waals surface area contributed by atoms with E-state index in [0.29, 0.717) is 0 Å². The smallest absolute Gasteiger partial charge is 0.399 e. The molecule has 7 aromatic rings. The van der Waals surface area contributed by atoms with Crippen LogP contribution in [0.5, 0.6) is 0 Å². The number of fused-ring (bicyclic) bond motifs is 5. The van der Waals surface area contributed by atoms with Gasteiger partial charge in [0.05, 0.1) is 11.2 Å². The molecule has 1 saturated heterocycles. The van der Waals surface area contributed by atoms with Crippen molar-refractivity contribution in [3.8, 4) is 22.3 Å². The predicted molar refractivity (Wildman–Crippen MR) is 202 cm³/mol. The van der Waals surface area contributed by atoms with Crippen molar-refractivity contribution in [2.24, 2.45) is 0 Å². The SMILES string of the molecule is CC1(C)OB(c2ccccc2-c2ccc3c(c2)S(c2ccc4ccccc4c2)(c2ccc4ccccc4c2)c2ccccc2-3)OC1(C)C. The van der Waals surface area contributed by atoms with Gasteiger partial charge in [-0.2, -0.15) is 0 Å². The summed E-state index contributed by atoms with van der Waals surface area (Å²) >= 11 is 0. The van der Waals surface area contributed by atoms with Crippen LogP contribution in [-0.2, 0) is 9.31 Å². The van der Waals surface area contributed by atoms with Crippen LogP contribution in [0.25, 0.3) is 43.8 Å². The normalized spacial score (nSPS) is 17.7. The van der Waals surface area contributed by atoms with Gasteiger partial charge in [0.15, 0.2) is 0 Å². The van der Waals surface area contributed by atoms with Crippen molar-refractivity contribution < 1.29 is 9.31 Å². The first kappa shape index (κ1) is 29.5. The summed E-state index contributed by atoms with van der Waals surface area (Å²) in [4.78, 5) is 5.45. The molecule has 234 valence electrons. The largest absolute Gasteiger partial charge is 0.495 e. The maximum Gasteiger partial charge on any atom is 0.495 e. The van der Waals surface area contributed by atoms with Gasteiger partial charge in [0.1, 0.15) is 0 Å². The summed E-state index contributed by atoms with van der Waals surface area (Å²) in [5.74, 6) is 0. The van der Waals surface area contributed by atoms with Gasteiger partial charge in [-0.15, -0.1) is 10.0 Å². The van der Waals surface area contributed by atoms with Gasteiger partial charge in [-0.25, -0.2) is 0 Å². The van der Waals surface area contributed by atoms with E-state index in [4.69, 9.17) is 9.31 Å². The molecule has 0 radical (unpaired) electrons. The summed E-state index contributed by atoms with van der Waals surface area (Å²) in [6.07, 6.45) is 0. The quantitative estimate of drug-likeness (QED) is 0.178. The van der Waals surface area contributed by atoms with Gasteiger partial charge in [-0.3, -0.25) is 0 Å². The summed E-state index contributed by atoms with van der Waals surface area (Å²) in [5, 5.41) is 5.03. The summed E-state index contributed by atoms with van der Waals surface area (Å²) in [7, 11) is -2.33. The Hall–Kier alpha value is -4.61. The lowest BCUT2D eigenvalue weighted by Crippen LogP contribution is -2.41. The molecule has 7 aromatic carbocycles. The fraction of sp³-hybridized carbons (Fsp3) is 0.136. The van der Waals surface area contributed by atoms with Gasteiger partial charge in [0, 0.05) is 19.6 Å². The van der Waals surface area contributed by atoms with Gasteiger partial charge in [0.25, 0.3) is 0 Å². The highest BCUT2D eigenvalue weighted by molar-refractivity contribution is 8.34. The van der Waals surface area contributed by atoms with Gasteiger partial charge < -0.3 is 9.31 Å². The molecule has 48 heavy (non-hydrogen) atoms. The zero-order valence-electron chi connectivity index (χ0n) is 27.7. The molecule has 0 atom stereocenters. The Balaban J connectivity index is 1.33. The molecule has 0 unspecified atom stereocenters. The van der Waals surface area contributed by atoms with Crippen molar-refractivity contribution in [2.45, 2.75) is 58.5 Å². The molecule has 0 aliphatic carbocycles. The number of benzene rings is 7. The van der Waals surface area contributed by atoms with Crippen LogP contribution in [0.1, 0.15) is 27.7 Å².